The zero-order valence-electron chi connectivity index (χ0n) is 29.7. The van der Waals surface area contributed by atoms with E-state index in [1.165, 1.54) is 71.6 Å². The number of hydrogen-bond acceptors (Lipinski definition) is 7. The van der Waals surface area contributed by atoms with Crippen molar-refractivity contribution in [2.75, 3.05) is 25.1 Å². The van der Waals surface area contributed by atoms with E-state index in [9.17, 15) is 28.3 Å². The molecule has 3 atom stereocenters. The number of alkyl carbamates (subject to hydrolysis) is 1. The van der Waals surface area contributed by atoms with Crippen LogP contribution in [-0.4, -0.2) is 77.2 Å². The van der Waals surface area contributed by atoms with Gasteiger partial charge in [0.2, 0.25) is 5.91 Å². The lowest BCUT2D eigenvalue weighted by molar-refractivity contribution is -0.118. The molecule has 1 unspecified atom stereocenters. The Morgan fingerprint density at radius 1 is 0.882 bits per heavy atom. The van der Waals surface area contributed by atoms with Crippen molar-refractivity contribution in [3.8, 4) is 0 Å². The van der Waals surface area contributed by atoms with E-state index in [4.69, 9.17) is 14.2 Å². The Morgan fingerprint density at radius 3 is 1.98 bits per heavy atom. The first-order valence-corrected chi connectivity index (χ1v) is 16.7. The molecule has 0 saturated carbocycles. The van der Waals surface area contributed by atoms with Gasteiger partial charge in [-0.2, -0.15) is 0 Å². The number of carbonyl (C=O) groups excluding carboxylic acids is 3. The maximum Gasteiger partial charge on any atom is 0.410 e. The van der Waals surface area contributed by atoms with Crippen molar-refractivity contribution in [2.24, 2.45) is 0 Å². The molecule has 4 rings (SSSR count). The molecule has 13 heteroatoms. The van der Waals surface area contributed by atoms with Gasteiger partial charge in [0.1, 0.15) is 34.7 Å². The Labute approximate surface area is 296 Å². The number of anilines is 1. The summed E-state index contributed by atoms with van der Waals surface area (Å²) in [6.07, 6.45) is -1.72. The van der Waals surface area contributed by atoms with Crippen LogP contribution in [0.5, 0.6) is 0 Å². The molecule has 1 saturated heterocycles. The summed E-state index contributed by atoms with van der Waals surface area (Å²) in [5, 5.41) is 15.2. The Kier molecular flexibility index (Phi) is 12.7. The molecule has 1 aliphatic heterocycles. The van der Waals surface area contributed by atoms with Crippen LogP contribution in [0.2, 0.25) is 0 Å². The van der Waals surface area contributed by atoms with Crippen LogP contribution in [0.4, 0.5) is 28.4 Å². The number of amides is 3. The molecule has 3 aromatic carbocycles. The van der Waals surface area contributed by atoms with Gasteiger partial charge in [-0.15, -0.1) is 0 Å². The minimum Gasteiger partial charge on any atom is -0.444 e. The number of aliphatic hydroxyl groups is 1. The second-order valence-electron chi connectivity index (χ2n) is 14.4. The highest BCUT2D eigenvalue weighted by Crippen LogP contribution is 2.31. The van der Waals surface area contributed by atoms with Gasteiger partial charge >= 0.3 is 12.2 Å². The molecule has 3 amide bonds. The highest BCUT2D eigenvalue weighted by Gasteiger charge is 2.36. The smallest absolute Gasteiger partial charge is 0.410 e. The average molecular weight is 714 g/mol. The van der Waals surface area contributed by atoms with E-state index >= 15 is 4.39 Å². The number of hydrogen-bond donors (Lipinski definition) is 3. The van der Waals surface area contributed by atoms with Crippen LogP contribution in [0.25, 0.3) is 0 Å². The maximum absolute atomic E-state index is 15.5. The molecular weight excluding hydrogens is 667 g/mol. The van der Waals surface area contributed by atoms with E-state index in [-0.39, 0.29) is 43.9 Å². The Bertz CT molecular complexity index is 1610. The van der Waals surface area contributed by atoms with Crippen molar-refractivity contribution < 1.29 is 46.9 Å². The summed E-state index contributed by atoms with van der Waals surface area (Å²) >= 11 is 0. The van der Waals surface area contributed by atoms with Crippen LogP contribution < -0.4 is 10.6 Å². The summed E-state index contributed by atoms with van der Waals surface area (Å²) in [6.45, 7) is 9.99. The Hall–Kier alpha value is -4.62. The number of benzene rings is 3. The Balaban J connectivity index is 1.63. The van der Waals surface area contributed by atoms with E-state index < -0.39 is 70.9 Å². The number of aliphatic hydroxyl groups excluding tert-OH is 1. The molecule has 1 aliphatic rings. The number of morpholine rings is 1. The lowest BCUT2D eigenvalue weighted by atomic mass is 9.84. The standard InChI is InChI=1S/C38H46F3N3O7/c1-37(2,3)50-35(47)43-33(32(23-10-14-25(39)15-11-23)24-12-16-26(40)17-13-24)34(46)42-31-9-7-8-30(41)29(31)19-18-28-20-44(27(21-45)22-49-28)36(48)51-38(4,5)6/h7-17,27-28,32-33,45H,18-22H2,1-6H3,(H,42,46)(H,43,47)/t27-,28-,33?/m1/s1. The summed E-state index contributed by atoms with van der Waals surface area (Å²) in [6, 6.07) is 12.8. The highest BCUT2D eigenvalue weighted by molar-refractivity contribution is 5.98. The second kappa shape index (κ2) is 16.6. The number of rotatable bonds is 10. The number of halogens is 3. The molecule has 51 heavy (non-hydrogen) atoms. The molecule has 3 aromatic rings. The Morgan fingerprint density at radius 2 is 1.45 bits per heavy atom. The van der Waals surface area contributed by atoms with E-state index in [0.29, 0.717) is 11.1 Å². The van der Waals surface area contributed by atoms with E-state index in [0.717, 1.165) is 0 Å². The van der Waals surface area contributed by atoms with Crippen LogP contribution in [0.3, 0.4) is 0 Å². The van der Waals surface area contributed by atoms with Crippen molar-refractivity contribution >= 4 is 23.8 Å². The van der Waals surface area contributed by atoms with Crippen LogP contribution in [-0.2, 0) is 25.4 Å². The van der Waals surface area contributed by atoms with Crippen molar-refractivity contribution in [1.29, 1.82) is 0 Å². The fourth-order valence-electron chi connectivity index (χ4n) is 5.73. The third-order valence-electron chi connectivity index (χ3n) is 8.04. The van der Waals surface area contributed by atoms with Crippen LogP contribution in [0.1, 0.15) is 70.6 Å². The molecule has 1 heterocycles. The highest BCUT2D eigenvalue weighted by atomic mass is 19.1. The molecule has 1 fully saturated rings. The van der Waals surface area contributed by atoms with Gasteiger partial charge in [-0.1, -0.05) is 30.3 Å². The molecular formula is C38H46F3N3O7. The molecule has 0 aliphatic carbocycles. The van der Waals surface area contributed by atoms with Crippen molar-refractivity contribution in [1.82, 2.24) is 10.2 Å². The summed E-state index contributed by atoms with van der Waals surface area (Å²) in [5.41, 5.74) is -0.528. The van der Waals surface area contributed by atoms with Gasteiger partial charge in [0.05, 0.1) is 31.9 Å². The summed E-state index contributed by atoms with van der Waals surface area (Å²) in [5.74, 6) is -3.35. The fourth-order valence-corrected chi connectivity index (χ4v) is 5.73. The lowest BCUT2D eigenvalue weighted by Crippen LogP contribution is -2.55. The topological polar surface area (TPSA) is 126 Å². The molecule has 3 N–H and O–H groups in total. The van der Waals surface area contributed by atoms with Crippen molar-refractivity contribution in [3.63, 3.8) is 0 Å². The molecule has 276 valence electrons. The summed E-state index contributed by atoms with van der Waals surface area (Å²) < 4.78 is 60.3. The third-order valence-corrected chi connectivity index (χ3v) is 8.04. The normalized spacial score (nSPS) is 17.1. The predicted octanol–water partition coefficient (Wildman–Crippen LogP) is 6.70. The predicted molar refractivity (Wildman–Crippen MR) is 185 cm³/mol. The molecule has 0 spiro atoms. The van der Waals surface area contributed by atoms with Gasteiger partial charge in [-0.3, -0.25) is 9.69 Å². The number of nitrogens with zero attached hydrogens (tertiary/aromatic N) is 1. The van der Waals surface area contributed by atoms with Gasteiger partial charge in [0, 0.05) is 17.2 Å². The largest absolute Gasteiger partial charge is 0.444 e. The minimum atomic E-state index is -1.40. The minimum absolute atomic E-state index is 0.0491. The molecule has 10 nitrogen and oxygen atoms in total. The molecule has 0 aromatic heterocycles. The molecule has 0 bridgehead atoms. The van der Waals surface area contributed by atoms with Crippen LogP contribution in [0, 0.1) is 17.5 Å². The fraction of sp³-hybridized carbons (Fsp3) is 0.447. The number of ether oxygens (including phenoxy) is 3. The average Bonchev–Trinajstić information content (AvgIpc) is 3.04. The van der Waals surface area contributed by atoms with Gasteiger partial charge in [-0.25, -0.2) is 22.8 Å². The monoisotopic (exact) mass is 713 g/mol. The zero-order valence-corrected chi connectivity index (χ0v) is 29.7. The summed E-state index contributed by atoms with van der Waals surface area (Å²) in [4.78, 5) is 41.7. The SMILES string of the molecule is CC(C)(C)OC(=O)NC(C(=O)Nc1cccc(F)c1CC[C@@H]1CN(C(=O)OC(C)(C)C)[C@H](CO)CO1)C(c1ccc(F)cc1)c1ccc(F)cc1. The van der Waals surface area contributed by atoms with E-state index in [1.807, 2.05) is 0 Å². The first-order valence-electron chi connectivity index (χ1n) is 16.7. The zero-order chi connectivity index (χ0) is 37.5. The van der Waals surface area contributed by atoms with E-state index in [2.05, 4.69) is 10.6 Å². The van der Waals surface area contributed by atoms with Gasteiger partial charge in [-0.05, 0) is 102 Å². The first kappa shape index (κ1) is 39.2. The van der Waals surface area contributed by atoms with Crippen LogP contribution in [0.15, 0.2) is 66.7 Å². The maximum atomic E-state index is 15.5. The molecule has 0 radical (unpaired) electrons. The van der Waals surface area contributed by atoms with Crippen molar-refractivity contribution in [2.45, 2.75) is 89.7 Å². The quantitative estimate of drug-likeness (QED) is 0.214. The van der Waals surface area contributed by atoms with Gasteiger partial charge < -0.3 is 30.0 Å². The summed E-state index contributed by atoms with van der Waals surface area (Å²) in [7, 11) is 0. The van der Waals surface area contributed by atoms with Crippen molar-refractivity contribution in [3.05, 3.63) is 101 Å². The lowest BCUT2D eigenvalue weighted by Gasteiger charge is -2.39. The van der Waals surface area contributed by atoms with Gasteiger partial charge in [0.25, 0.3) is 0 Å². The van der Waals surface area contributed by atoms with Gasteiger partial charge in [0.15, 0.2) is 0 Å². The first-order chi connectivity index (χ1) is 23.9. The number of nitrogens with one attached hydrogen (secondary N) is 2. The second-order valence-corrected chi connectivity index (χ2v) is 14.4. The van der Waals surface area contributed by atoms with Crippen LogP contribution >= 0.6 is 0 Å². The third kappa shape index (κ3) is 11.2. The number of carbonyl (C=O) groups is 3. The van der Waals surface area contributed by atoms with E-state index in [1.54, 1.807) is 41.5 Å².